The fourth-order valence-corrected chi connectivity index (χ4v) is 2.49. The lowest BCUT2D eigenvalue weighted by atomic mass is 10.1. The quantitative estimate of drug-likeness (QED) is 0.755. The summed E-state index contributed by atoms with van der Waals surface area (Å²) in [5, 5.41) is 2.62. The van der Waals surface area contributed by atoms with Crippen LogP contribution in [0.4, 0.5) is 0 Å². The lowest BCUT2D eigenvalue weighted by Crippen LogP contribution is -2.44. The van der Waals surface area contributed by atoms with Gasteiger partial charge in [0.15, 0.2) is 0 Å². The van der Waals surface area contributed by atoms with E-state index in [-0.39, 0.29) is 36.6 Å². The molecule has 96 valence electrons. The Hall–Kier alpha value is -1.10. The minimum atomic E-state index is -0.0472. The number of amides is 2. The first kappa shape index (κ1) is 12.4. The fraction of sp³-hybridized carbons (Fsp3) is 0.833. The van der Waals surface area contributed by atoms with Crippen LogP contribution in [0.2, 0.25) is 0 Å². The second kappa shape index (κ2) is 5.04. The molecule has 0 bridgehead atoms. The van der Waals surface area contributed by atoms with Gasteiger partial charge in [-0.05, 0) is 26.7 Å². The Bertz CT molecular complexity index is 319. The van der Waals surface area contributed by atoms with Crippen LogP contribution < -0.4 is 5.32 Å². The number of ether oxygens (including phenoxy) is 1. The van der Waals surface area contributed by atoms with Gasteiger partial charge >= 0.3 is 0 Å². The van der Waals surface area contributed by atoms with Crippen LogP contribution in [0.1, 0.15) is 33.1 Å². The highest BCUT2D eigenvalue weighted by molar-refractivity contribution is 5.87. The third-order valence-electron chi connectivity index (χ3n) is 3.49. The Balaban J connectivity index is 1.97. The Morgan fingerprint density at radius 2 is 2.12 bits per heavy atom. The molecule has 3 unspecified atom stereocenters. The van der Waals surface area contributed by atoms with Crippen LogP contribution in [0.5, 0.6) is 0 Å². The topological polar surface area (TPSA) is 58.6 Å². The Morgan fingerprint density at radius 3 is 2.76 bits per heavy atom. The van der Waals surface area contributed by atoms with Crippen LogP contribution in [0.15, 0.2) is 0 Å². The van der Waals surface area contributed by atoms with Crippen molar-refractivity contribution in [3.8, 4) is 0 Å². The van der Waals surface area contributed by atoms with Crippen LogP contribution in [-0.2, 0) is 14.3 Å². The molecule has 1 N–H and O–H groups in total. The van der Waals surface area contributed by atoms with Crippen LogP contribution in [0.25, 0.3) is 0 Å². The summed E-state index contributed by atoms with van der Waals surface area (Å²) in [6.07, 6.45) is 2.85. The third-order valence-corrected chi connectivity index (χ3v) is 3.49. The fourth-order valence-electron chi connectivity index (χ4n) is 2.49. The smallest absolute Gasteiger partial charge is 0.242 e. The monoisotopic (exact) mass is 240 g/mol. The number of carbonyl (C=O) groups is 2. The first-order chi connectivity index (χ1) is 8.06. The van der Waals surface area contributed by atoms with Gasteiger partial charge in [0.2, 0.25) is 11.8 Å². The number of rotatable bonds is 2. The number of carbonyl (C=O) groups excluding carboxylic acids is 2. The summed E-state index contributed by atoms with van der Waals surface area (Å²) < 4.78 is 5.73. The molecule has 0 aliphatic carbocycles. The van der Waals surface area contributed by atoms with Crippen molar-refractivity contribution in [1.29, 1.82) is 0 Å². The van der Waals surface area contributed by atoms with Crippen molar-refractivity contribution in [2.45, 2.75) is 51.4 Å². The van der Waals surface area contributed by atoms with Crippen molar-refractivity contribution >= 4 is 11.8 Å². The van der Waals surface area contributed by atoms with Crippen molar-refractivity contribution < 1.29 is 14.3 Å². The summed E-state index contributed by atoms with van der Waals surface area (Å²) in [4.78, 5) is 25.0. The highest BCUT2D eigenvalue weighted by Gasteiger charge is 2.31. The molecule has 0 aromatic carbocycles. The van der Waals surface area contributed by atoms with Gasteiger partial charge in [0.1, 0.15) is 0 Å². The largest absolute Gasteiger partial charge is 0.373 e. The van der Waals surface area contributed by atoms with Crippen molar-refractivity contribution in [2.24, 2.45) is 0 Å². The molecule has 2 aliphatic rings. The molecule has 5 heteroatoms. The molecular formula is C12H20N2O3. The van der Waals surface area contributed by atoms with E-state index in [0.717, 1.165) is 12.8 Å². The van der Waals surface area contributed by atoms with Crippen LogP contribution >= 0.6 is 0 Å². The molecule has 3 atom stereocenters. The van der Waals surface area contributed by atoms with E-state index in [0.29, 0.717) is 13.0 Å². The molecule has 0 radical (unpaired) electrons. The summed E-state index contributed by atoms with van der Waals surface area (Å²) >= 11 is 0. The predicted octanol–water partition coefficient (Wildman–Crippen LogP) is 0.291. The Morgan fingerprint density at radius 1 is 1.35 bits per heavy atom. The van der Waals surface area contributed by atoms with E-state index < -0.39 is 0 Å². The zero-order valence-corrected chi connectivity index (χ0v) is 10.4. The van der Waals surface area contributed by atoms with Crippen molar-refractivity contribution in [1.82, 2.24) is 10.2 Å². The van der Waals surface area contributed by atoms with E-state index >= 15 is 0 Å². The predicted molar refractivity (Wildman–Crippen MR) is 62.4 cm³/mol. The van der Waals surface area contributed by atoms with Crippen molar-refractivity contribution in [3.63, 3.8) is 0 Å². The molecule has 2 saturated heterocycles. The minimum absolute atomic E-state index is 0.00787. The van der Waals surface area contributed by atoms with Crippen molar-refractivity contribution in [2.75, 3.05) is 13.1 Å². The van der Waals surface area contributed by atoms with E-state index in [4.69, 9.17) is 4.74 Å². The van der Waals surface area contributed by atoms with E-state index in [2.05, 4.69) is 12.2 Å². The molecule has 0 spiro atoms. The molecule has 0 aromatic rings. The van der Waals surface area contributed by atoms with Gasteiger partial charge < -0.3 is 15.0 Å². The summed E-state index contributed by atoms with van der Waals surface area (Å²) in [6, 6.07) is -0.0375. The third kappa shape index (κ3) is 2.97. The molecule has 2 fully saturated rings. The molecule has 2 aliphatic heterocycles. The first-order valence-electron chi connectivity index (χ1n) is 6.28. The number of hydrogen-bond donors (Lipinski definition) is 1. The van der Waals surface area contributed by atoms with Gasteiger partial charge in [-0.25, -0.2) is 0 Å². The van der Waals surface area contributed by atoms with Crippen LogP contribution in [0.3, 0.4) is 0 Å². The average molecular weight is 240 g/mol. The van der Waals surface area contributed by atoms with Gasteiger partial charge in [0, 0.05) is 19.0 Å². The van der Waals surface area contributed by atoms with Gasteiger partial charge in [-0.15, -0.1) is 0 Å². The summed E-state index contributed by atoms with van der Waals surface area (Å²) in [5.74, 6) is -0.0550. The van der Waals surface area contributed by atoms with Gasteiger partial charge in [-0.2, -0.15) is 0 Å². The van der Waals surface area contributed by atoms with Crippen molar-refractivity contribution in [3.05, 3.63) is 0 Å². The lowest BCUT2D eigenvalue weighted by molar-refractivity contribution is -0.133. The zero-order chi connectivity index (χ0) is 12.4. The normalized spacial score (nSPS) is 34.7. The van der Waals surface area contributed by atoms with Gasteiger partial charge in [-0.3, -0.25) is 9.59 Å². The maximum absolute atomic E-state index is 11.9. The molecular weight excluding hydrogens is 220 g/mol. The standard InChI is InChI=1S/C12H20N2O3/c1-8-5-11(15)13-6-12(16)14(8)7-10-4-3-9(2)17-10/h8-10H,3-7H2,1-2H3,(H,13,15). The molecule has 0 saturated carbocycles. The van der Waals surface area contributed by atoms with Gasteiger partial charge in [0.25, 0.3) is 0 Å². The van der Waals surface area contributed by atoms with E-state index in [9.17, 15) is 9.59 Å². The molecule has 2 rings (SSSR count). The average Bonchev–Trinajstić information content (AvgIpc) is 2.63. The van der Waals surface area contributed by atoms with Crippen LogP contribution in [-0.4, -0.2) is 48.1 Å². The molecule has 0 aromatic heterocycles. The summed E-state index contributed by atoms with van der Waals surface area (Å²) in [7, 11) is 0. The lowest BCUT2D eigenvalue weighted by Gasteiger charge is -2.28. The summed E-state index contributed by atoms with van der Waals surface area (Å²) in [5.41, 5.74) is 0. The maximum atomic E-state index is 11.9. The summed E-state index contributed by atoms with van der Waals surface area (Å²) in [6.45, 7) is 4.70. The van der Waals surface area contributed by atoms with E-state index in [1.807, 2.05) is 6.92 Å². The highest BCUT2D eigenvalue weighted by atomic mass is 16.5. The number of nitrogens with zero attached hydrogens (tertiary/aromatic N) is 1. The van der Waals surface area contributed by atoms with Gasteiger partial charge in [0.05, 0.1) is 18.8 Å². The Kier molecular flexibility index (Phi) is 3.66. The van der Waals surface area contributed by atoms with E-state index in [1.165, 1.54) is 0 Å². The second-order valence-electron chi connectivity index (χ2n) is 5.02. The SMILES string of the molecule is CC1CCC(CN2C(=O)CNC(=O)CC2C)O1. The van der Waals surface area contributed by atoms with Gasteiger partial charge in [-0.1, -0.05) is 0 Å². The van der Waals surface area contributed by atoms with E-state index in [1.54, 1.807) is 4.90 Å². The molecule has 2 heterocycles. The Labute approximate surface area is 101 Å². The zero-order valence-electron chi connectivity index (χ0n) is 10.4. The molecule has 5 nitrogen and oxygen atoms in total. The first-order valence-corrected chi connectivity index (χ1v) is 6.28. The molecule has 2 amide bonds. The van der Waals surface area contributed by atoms with Crippen LogP contribution in [0, 0.1) is 0 Å². The minimum Gasteiger partial charge on any atom is -0.373 e. The molecule has 17 heavy (non-hydrogen) atoms. The number of nitrogens with one attached hydrogen (secondary N) is 1. The highest BCUT2D eigenvalue weighted by Crippen LogP contribution is 2.21. The second-order valence-corrected chi connectivity index (χ2v) is 5.02. The maximum Gasteiger partial charge on any atom is 0.242 e. The number of hydrogen-bond acceptors (Lipinski definition) is 3.